The number of amidine groups is 1. The van der Waals surface area contributed by atoms with E-state index in [4.69, 9.17) is 16.6 Å². The molecule has 3 fully saturated rings. The number of piperidine rings is 1. The summed E-state index contributed by atoms with van der Waals surface area (Å²) in [5.41, 5.74) is 1.30. The molecule has 196 valence electrons. The molecule has 3 aliphatic heterocycles. The van der Waals surface area contributed by atoms with Crippen LogP contribution in [0.25, 0.3) is 0 Å². The van der Waals surface area contributed by atoms with E-state index in [1.165, 1.54) is 37.0 Å². The van der Waals surface area contributed by atoms with E-state index in [1.54, 1.807) is 6.07 Å². The van der Waals surface area contributed by atoms with Gasteiger partial charge < -0.3 is 9.80 Å². The number of rotatable bonds is 5. The smallest absolute Gasteiger partial charge is 0.350 e. The SMILES string of the molecule is C[C@@H]1C[C@]2(CCN1CC1CCC1)C(N1CCCC1Cc1ccc(Cl)cc1)=NC(=O)N2c1cccc(F)c1. The third-order valence-electron chi connectivity index (χ3n) is 9.12. The molecule has 37 heavy (non-hydrogen) atoms. The first kappa shape index (κ1) is 24.9. The van der Waals surface area contributed by atoms with E-state index < -0.39 is 5.54 Å². The van der Waals surface area contributed by atoms with Gasteiger partial charge in [-0.3, -0.25) is 4.90 Å². The number of nitrogens with zero attached hydrogens (tertiary/aromatic N) is 4. The van der Waals surface area contributed by atoms with Crippen LogP contribution in [0.15, 0.2) is 53.5 Å². The molecule has 0 bridgehead atoms. The maximum atomic E-state index is 14.4. The lowest BCUT2D eigenvalue weighted by Crippen LogP contribution is -2.64. The molecule has 2 aromatic rings. The fourth-order valence-corrected chi connectivity index (χ4v) is 7.13. The van der Waals surface area contributed by atoms with Gasteiger partial charge in [-0.15, -0.1) is 0 Å². The van der Waals surface area contributed by atoms with Gasteiger partial charge in [0, 0.05) is 42.4 Å². The molecule has 1 unspecified atom stereocenters. The van der Waals surface area contributed by atoms with Crippen molar-refractivity contribution < 1.29 is 9.18 Å². The first-order valence-electron chi connectivity index (χ1n) is 13.9. The summed E-state index contributed by atoms with van der Waals surface area (Å²) in [4.78, 5) is 25.2. The number of halogens is 2. The van der Waals surface area contributed by atoms with Crippen molar-refractivity contribution in [2.24, 2.45) is 10.9 Å². The molecule has 2 amide bonds. The zero-order valence-corrected chi connectivity index (χ0v) is 22.3. The summed E-state index contributed by atoms with van der Waals surface area (Å²) < 4.78 is 14.4. The van der Waals surface area contributed by atoms with E-state index in [-0.39, 0.29) is 17.9 Å². The second-order valence-corrected chi connectivity index (χ2v) is 11.9. The Bertz CT molecular complexity index is 1180. The largest absolute Gasteiger partial charge is 0.355 e. The number of urea groups is 1. The molecule has 7 heteroatoms. The molecule has 1 spiro atoms. The first-order valence-corrected chi connectivity index (χ1v) is 14.2. The lowest BCUT2D eigenvalue weighted by atomic mass is 9.78. The summed E-state index contributed by atoms with van der Waals surface area (Å²) in [5.74, 6) is 1.37. The van der Waals surface area contributed by atoms with Gasteiger partial charge in [-0.1, -0.05) is 36.2 Å². The number of aliphatic imine (C=N–C) groups is 1. The molecule has 0 aromatic heterocycles. The molecule has 3 atom stereocenters. The van der Waals surface area contributed by atoms with E-state index in [0.29, 0.717) is 11.7 Å². The summed E-state index contributed by atoms with van der Waals surface area (Å²) in [7, 11) is 0. The van der Waals surface area contributed by atoms with Crippen molar-refractivity contribution in [1.82, 2.24) is 9.80 Å². The van der Waals surface area contributed by atoms with Gasteiger partial charge in [0.15, 0.2) is 0 Å². The van der Waals surface area contributed by atoms with Crippen molar-refractivity contribution in [3.05, 3.63) is 64.9 Å². The van der Waals surface area contributed by atoms with Crippen LogP contribution in [0, 0.1) is 11.7 Å². The standard InChI is InChI=1S/C30H36ClFN4O/c1-21-19-30(14-16-34(21)20-23-5-2-6-23)28(33-29(37)36(30)27-8-3-7-25(32)18-27)35-15-4-9-26(35)17-22-10-12-24(31)13-11-22/h3,7-8,10-13,18,21,23,26H,2,4-6,9,14-17,19-20H2,1H3/t21-,26?,30-/m1/s1. The number of carbonyl (C=O) groups is 1. The highest BCUT2D eigenvalue weighted by Gasteiger charge is 2.56. The summed E-state index contributed by atoms with van der Waals surface area (Å²) in [5, 5.41) is 0.741. The minimum Gasteiger partial charge on any atom is -0.355 e. The quantitative estimate of drug-likeness (QED) is 0.447. The van der Waals surface area contributed by atoms with Gasteiger partial charge in [-0.2, -0.15) is 4.99 Å². The molecule has 4 aliphatic rings. The first-order chi connectivity index (χ1) is 17.9. The molecular formula is C30H36ClFN4O. The van der Waals surface area contributed by atoms with Gasteiger partial charge >= 0.3 is 6.03 Å². The topological polar surface area (TPSA) is 39.1 Å². The van der Waals surface area contributed by atoms with E-state index in [1.807, 2.05) is 23.1 Å². The maximum Gasteiger partial charge on any atom is 0.350 e. The van der Waals surface area contributed by atoms with Crippen molar-refractivity contribution in [2.75, 3.05) is 24.5 Å². The summed E-state index contributed by atoms with van der Waals surface area (Å²) in [6.07, 6.45) is 8.66. The third kappa shape index (κ3) is 4.67. The van der Waals surface area contributed by atoms with E-state index in [2.05, 4.69) is 28.9 Å². The number of carbonyl (C=O) groups excluding carboxylic acids is 1. The monoisotopic (exact) mass is 522 g/mol. The fourth-order valence-electron chi connectivity index (χ4n) is 7.00. The number of hydrogen-bond acceptors (Lipinski definition) is 3. The van der Waals surface area contributed by atoms with Gasteiger partial charge in [0.25, 0.3) is 0 Å². The lowest BCUT2D eigenvalue weighted by Gasteiger charge is -2.51. The molecule has 2 saturated heterocycles. The number of hydrogen-bond donors (Lipinski definition) is 0. The lowest BCUT2D eigenvalue weighted by molar-refractivity contribution is 0.0875. The number of anilines is 1. The molecule has 0 N–H and O–H groups in total. The van der Waals surface area contributed by atoms with Crippen molar-refractivity contribution in [1.29, 1.82) is 0 Å². The Kier molecular flexibility index (Phi) is 6.74. The predicted octanol–water partition coefficient (Wildman–Crippen LogP) is 6.55. The molecule has 1 saturated carbocycles. The van der Waals surface area contributed by atoms with Crippen LogP contribution in [0.3, 0.4) is 0 Å². The fraction of sp³-hybridized carbons (Fsp3) is 0.533. The Morgan fingerprint density at radius 3 is 2.59 bits per heavy atom. The Balaban J connectivity index is 1.32. The van der Waals surface area contributed by atoms with Crippen molar-refractivity contribution in [3.8, 4) is 0 Å². The van der Waals surface area contributed by atoms with Crippen molar-refractivity contribution in [2.45, 2.75) is 75.9 Å². The predicted molar refractivity (Wildman–Crippen MR) is 147 cm³/mol. The zero-order chi connectivity index (χ0) is 25.6. The molecule has 3 heterocycles. The Hall–Kier alpha value is -2.44. The second-order valence-electron chi connectivity index (χ2n) is 11.5. The highest BCUT2D eigenvalue weighted by Crippen LogP contribution is 2.44. The van der Waals surface area contributed by atoms with E-state index in [0.717, 1.165) is 68.5 Å². The Morgan fingerprint density at radius 1 is 1.08 bits per heavy atom. The van der Waals surface area contributed by atoms with Gasteiger partial charge in [-0.25, -0.2) is 9.18 Å². The molecule has 6 rings (SSSR count). The van der Waals surface area contributed by atoms with Crippen LogP contribution in [0.4, 0.5) is 14.9 Å². The third-order valence-corrected chi connectivity index (χ3v) is 9.38. The van der Waals surface area contributed by atoms with Crippen LogP contribution in [-0.2, 0) is 6.42 Å². The highest BCUT2D eigenvalue weighted by atomic mass is 35.5. The van der Waals surface area contributed by atoms with Crippen molar-refractivity contribution in [3.63, 3.8) is 0 Å². The highest BCUT2D eigenvalue weighted by molar-refractivity contribution is 6.30. The van der Waals surface area contributed by atoms with Crippen molar-refractivity contribution >= 4 is 29.2 Å². The number of amides is 2. The molecule has 1 aliphatic carbocycles. The Morgan fingerprint density at radius 2 is 1.89 bits per heavy atom. The van der Waals surface area contributed by atoms with Crippen LogP contribution in [0.1, 0.15) is 57.4 Å². The number of likely N-dealkylation sites (tertiary alicyclic amines) is 2. The second kappa shape index (κ2) is 10.0. The van der Waals surface area contributed by atoms with E-state index >= 15 is 0 Å². The van der Waals surface area contributed by atoms with Gasteiger partial charge in [0.2, 0.25) is 0 Å². The average molecular weight is 523 g/mol. The zero-order valence-electron chi connectivity index (χ0n) is 21.6. The van der Waals surface area contributed by atoms with E-state index in [9.17, 15) is 9.18 Å². The summed E-state index contributed by atoms with van der Waals surface area (Å²) >= 11 is 6.13. The molecule has 2 aromatic carbocycles. The van der Waals surface area contributed by atoms with Gasteiger partial charge in [0.05, 0.1) is 0 Å². The van der Waals surface area contributed by atoms with Crippen LogP contribution in [0.5, 0.6) is 0 Å². The summed E-state index contributed by atoms with van der Waals surface area (Å²) in [6.45, 7) is 5.24. The van der Waals surface area contributed by atoms with Crippen LogP contribution >= 0.6 is 11.6 Å². The molecular weight excluding hydrogens is 487 g/mol. The Labute approximate surface area is 224 Å². The maximum absolute atomic E-state index is 14.4. The van der Waals surface area contributed by atoms with Gasteiger partial charge in [0.1, 0.15) is 17.2 Å². The van der Waals surface area contributed by atoms with Gasteiger partial charge in [-0.05, 0) is 93.7 Å². The van der Waals surface area contributed by atoms with Crippen LogP contribution < -0.4 is 4.90 Å². The number of benzene rings is 2. The van der Waals surface area contributed by atoms with Crippen LogP contribution in [-0.4, -0.2) is 58.9 Å². The minimum atomic E-state index is -0.553. The normalized spacial score (nSPS) is 28.7. The molecule has 5 nitrogen and oxygen atoms in total. The average Bonchev–Trinajstić information content (AvgIpc) is 3.40. The minimum absolute atomic E-state index is 0.266. The summed E-state index contributed by atoms with van der Waals surface area (Å²) in [6, 6.07) is 14.9. The van der Waals surface area contributed by atoms with Crippen LogP contribution in [0.2, 0.25) is 5.02 Å². The molecule has 0 radical (unpaired) electrons.